The Balaban J connectivity index is 2.07. The summed E-state index contributed by atoms with van der Waals surface area (Å²) in [6, 6.07) is 13.9. The molecule has 292 valence electrons. The number of carbonyl (C=O) groups is 5. The Morgan fingerprint density at radius 3 is 1.68 bits per heavy atom. The van der Waals surface area contributed by atoms with Gasteiger partial charge in [0.2, 0.25) is 11.8 Å². The summed E-state index contributed by atoms with van der Waals surface area (Å²) in [6.45, 7) is 5.99. The van der Waals surface area contributed by atoms with Gasteiger partial charge in [-0.3, -0.25) is 24.0 Å². The number of rotatable bonds is 27. The fraction of sp³-hybridized carbons (Fsp3) is 0.575. The Bertz CT molecular complexity index is 1440. The number of hydrogen-bond acceptors (Lipinski definition) is 10. The first-order valence-corrected chi connectivity index (χ1v) is 19.2. The maximum Gasteiger partial charge on any atom is 0.454 e. The topological polar surface area (TPSA) is 228 Å². The van der Waals surface area contributed by atoms with Crippen LogP contribution in [0.4, 0.5) is 0 Å². The lowest BCUT2D eigenvalue weighted by Gasteiger charge is -2.24. The van der Waals surface area contributed by atoms with E-state index in [2.05, 4.69) is 41.8 Å². The summed E-state index contributed by atoms with van der Waals surface area (Å²) >= 11 is 0. The van der Waals surface area contributed by atoms with Gasteiger partial charge in [0.1, 0.15) is 0 Å². The number of aryl methyl sites for hydroxylation is 1. The van der Waals surface area contributed by atoms with E-state index in [1.54, 1.807) is 19.1 Å². The third-order valence-electron chi connectivity index (χ3n) is 9.69. The fourth-order valence-corrected chi connectivity index (χ4v) is 6.04. The summed E-state index contributed by atoms with van der Waals surface area (Å²) in [5.41, 5.74) is 21.0. The van der Waals surface area contributed by atoms with Crippen molar-refractivity contribution in [3.8, 4) is 11.1 Å². The van der Waals surface area contributed by atoms with Gasteiger partial charge in [0, 0.05) is 37.3 Å². The lowest BCUT2D eigenvalue weighted by molar-refractivity contribution is -0.134. The van der Waals surface area contributed by atoms with Gasteiger partial charge in [0.05, 0.1) is 18.0 Å². The van der Waals surface area contributed by atoms with E-state index in [0.29, 0.717) is 57.2 Å². The van der Waals surface area contributed by atoms with Crippen molar-refractivity contribution in [1.82, 2.24) is 10.6 Å². The molecular formula is C40H62BN5O7. The highest BCUT2D eigenvalue weighted by molar-refractivity contribution is 6.43. The maximum atomic E-state index is 13.5. The van der Waals surface area contributed by atoms with Gasteiger partial charge >= 0.3 is 7.12 Å². The van der Waals surface area contributed by atoms with E-state index in [-0.39, 0.29) is 43.2 Å². The number of hydrogen-bond donors (Lipinski definition) is 7. The Morgan fingerprint density at radius 1 is 0.679 bits per heavy atom. The van der Waals surface area contributed by atoms with Gasteiger partial charge in [-0.15, -0.1) is 0 Å². The molecule has 0 heterocycles. The minimum absolute atomic E-state index is 0.103. The second-order valence-electron chi connectivity index (χ2n) is 14.3. The summed E-state index contributed by atoms with van der Waals surface area (Å²) in [4.78, 5) is 66.4. The van der Waals surface area contributed by atoms with Crippen LogP contribution in [0.15, 0.2) is 48.5 Å². The van der Waals surface area contributed by atoms with Crippen molar-refractivity contribution in [3.63, 3.8) is 0 Å². The first kappa shape index (κ1) is 45.4. The van der Waals surface area contributed by atoms with E-state index in [0.717, 1.165) is 30.4 Å². The number of benzene rings is 2. The number of nitrogens with one attached hydrogen (secondary N) is 2. The van der Waals surface area contributed by atoms with Crippen molar-refractivity contribution in [2.75, 3.05) is 19.6 Å². The molecule has 0 fully saturated rings. The Labute approximate surface area is 315 Å². The normalized spacial score (nSPS) is 14.0. The molecule has 2 amide bonds. The van der Waals surface area contributed by atoms with E-state index in [4.69, 9.17) is 17.2 Å². The number of unbranched alkanes of at least 4 members (excludes halogenated alkanes) is 3. The van der Waals surface area contributed by atoms with Crippen LogP contribution in [-0.2, 0) is 25.6 Å². The maximum absolute atomic E-state index is 13.5. The van der Waals surface area contributed by atoms with Crippen molar-refractivity contribution in [3.05, 3.63) is 59.7 Å². The van der Waals surface area contributed by atoms with E-state index >= 15 is 0 Å². The van der Waals surface area contributed by atoms with Gasteiger partial charge in [-0.2, -0.15) is 0 Å². The minimum Gasteiger partial charge on any atom is -0.427 e. The zero-order valence-electron chi connectivity index (χ0n) is 31.9. The van der Waals surface area contributed by atoms with Crippen LogP contribution in [0.1, 0.15) is 107 Å². The number of amides is 2. The average molecular weight is 736 g/mol. The van der Waals surface area contributed by atoms with Crippen molar-refractivity contribution < 1.29 is 34.0 Å². The van der Waals surface area contributed by atoms with Crippen molar-refractivity contribution in [1.29, 1.82) is 0 Å². The molecule has 0 saturated heterocycles. The average Bonchev–Trinajstić information content (AvgIpc) is 3.15. The van der Waals surface area contributed by atoms with Gasteiger partial charge in [0.15, 0.2) is 17.3 Å². The second kappa shape index (κ2) is 24.5. The summed E-state index contributed by atoms with van der Waals surface area (Å²) in [5.74, 6) is -4.38. The molecule has 0 saturated carbocycles. The van der Waals surface area contributed by atoms with Crippen molar-refractivity contribution >= 4 is 36.3 Å². The summed E-state index contributed by atoms with van der Waals surface area (Å²) < 4.78 is 0. The Kier molecular flexibility index (Phi) is 21.0. The van der Waals surface area contributed by atoms with Crippen LogP contribution in [0.3, 0.4) is 0 Å². The predicted octanol–water partition coefficient (Wildman–Crippen LogP) is 3.49. The van der Waals surface area contributed by atoms with Gasteiger partial charge in [-0.1, -0.05) is 75.7 Å². The molecule has 0 aliphatic carbocycles. The summed E-state index contributed by atoms with van der Waals surface area (Å²) in [7, 11) is -1.67. The van der Waals surface area contributed by atoms with Crippen LogP contribution in [0.2, 0.25) is 5.82 Å². The SMILES string of the molecule is CCCCc1ccc(-c2ccc(C(=O)C[C@@H](CN)C(=O)N[C@@H](CCCCN)C(=O)C[C@@H](C)C(=O)N[C@@H](CCCCN)C(=O)C[C@@H](C)B(O)O)cc2)cc1. The van der Waals surface area contributed by atoms with Crippen LogP contribution < -0.4 is 27.8 Å². The number of nitrogens with two attached hydrogens (primary N) is 3. The van der Waals surface area contributed by atoms with Crippen LogP contribution in [0.25, 0.3) is 11.1 Å². The van der Waals surface area contributed by atoms with Crippen molar-refractivity contribution in [2.24, 2.45) is 29.0 Å². The highest BCUT2D eigenvalue weighted by atomic mass is 16.4. The third kappa shape index (κ3) is 16.0. The first-order chi connectivity index (χ1) is 25.3. The minimum atomic E-state index is -1.67. The lowest BCUT2D eigenvalue weighted by Crippen LogP contribution is -2.47. The predicted molar refractivity (Wildman–Crippen MR) is 210 cm³/mol. The lowest BCUT2D eigenvalue weighted by atomic mass is 9.71. The van der Waals surface area contributed by atoms with Crippen molar-refractivity contribution in [2.45, 2.75) is 116 Å². The fourth-order valence-electron chi connectivity index (χ4n) is 6.04. The zero-order chi connectivity index (χ0) is 39.3. The van der Waals surface area contributed by atoms with E-state index in [9.17, 15) is 34.0 Å². The van der Waals surface area contributed by atoms with Crippen LogP contribution in [0.5, 0.6) is 0 Å². The van der Waals surface area contributed by atoms with Gasteiger partial charge in [0.25, 0.3) is 0 Å². The monoisotopic (exact) mass is 735 g/mol. The number of carbonyl (C=O) groups excluding carboxylic acids is 5. The molecule has 0 aromatic heterocycles. The zero-order valence-corrected chi connectivity index (χ0v) is 31.9. The molecule has 0 radical (unpaired) electrons. The third-order valence-corrected chi connectivity index (χ3v) is 9.69. The molecule has 0 aliphatic rings. The highest BCUT2D eigenvalue weighted by Gasteiger charge is 2.31. The first-order valence-electron chi connectivity index (χ1n) is 19.2. The molecule has 2 rings (SSSR count). The Morgan fingerprint density at radius 2 is 1.19 bits per heavy atom. The summed E-state index contributed by atoms with van der Waals surface area (Å²) in [6.07, 6.45) is 5.87. The standard InChI is InChI=1S/C40H62BN5O7/c1-4-5-10-29-13-15-30(16-14-29)31-17-19-32(20-18-31)36(47)25-33(26-44)40(51)46-34(11-6-8-21-42)37(48)23-27(2)39(50)45-35(12-7-9-22-43)38(49)24-28(3)41(52)53/h13-20,27-28,33-35,52-53H,4-12,21-26,42-44H2,1-3H3,(H,45,50)(H,46,51)/t27-,28-,33+,34+,35+/m1/s1. The van der Waals surface area contributed by atoms with E-state index in [1.165, 1.54) is 12.5 Å². The smallest absolute Gasteiger partial charge is 0.427 e. The molecule has 5 atom stereocenters. The van der Waals surface area contributed by atoms with Gasteiger partial charge in [-0.05, 0) is 87.0 Å². The van der Waals surface area contributed by atoms with Crippen LogP contribution in [-0.4, -0.2) is 78.0 Å². The molecule has 2 aromatic rings. The second-order valence-corrected chi connectivity index (χ2v) is 14.3. The van der Waals surface area contributed by atoms with Gasteiger partial charge < -0.3 is 37.9 Å². The number of ketones is 3. The van der Waals surface area contributed by atoms with E-state index < -0.39 is 48.7 Å². The molecule has 12 nitrogen and oxygen atoms in total. The molecule has 2 aromatic carbocycles. The highest BCUT2D eigenvalue weighted by Crippen LogP contribution is 2.23. The van der Waals surface area contributed by atoms with Gasteiger partial charge in [-0.25, -0.2) is 0 Å². The Hall–Kier alpha value is -3.75. The molecule has 0 bridgehead atoms. The molecule has 0 aliphatic heterocycles. The molecule has 13 heteroatoms. The molecular weight excluding hydrogens is 673 g/mol. The molecule has 0 unspecified atom stereocenters. The van der Waals surface area contributed by atoms with E-state index in [1.807, 2.05) is 12.1 Å². The van der Waals surface area contributed by atoms with Crippen LogP contribution >= 0.6 is 0 Å². The molecule has 0 spiro atoms. The van der Waals surface area contributed by atoms with Crippen LogP contribution in [0, 0.1) is 11.8 Å². The largest absolute Gasteiger partial charge is 0.454 e. The molecule has 10 N–H and O–H groups in total. The molecule has 53 heavy (non-hydrogen) atoms. The number of Topliss-reactive ketones (excluding diaryl/α,β-unsaturated/α-hetero) is 3. The quantitative estimate of drug-likeness (QED) is 0.0401. The summed E-state index contributed by atoms with van der Waals surface area (Å²) in [5, 5.41) is 24.4.